The number of methoxy groups -OCH3 is 1. The maximum Gasteiger partial charge on any atom is 0.337 e. The molecular weight excluding hydrogens is 290 g/mol. The van der Waals surface area contributed by atoms with Crippen LogP contribution >= 0.6 is 0 Å². The van der Waals surface area contributed by atoms with Gasteiger partial charge in [0.1, 0.15) is 6.61 Å². The van der Waals surface area contributed by atoms with Crippen molar-refractivity contribution in [2.45, 2.75) is 26.9 Å². The van der Waals surface area contributed by atoms with Crippen molar-refractivity contribution in [3.63, 3.8) is 0 Å². The monoisotopic (exact) mass is 311 g/mol. The van der Waals surface area contributed by atoms with Gasteiger partial charge in [0, 0.05) is 0 Å². The van der Waals surface area contributed by atoms with Gasteiger partial charge >= 0.3 is 5.97 Å². The van der Waals surface area contributed by atoms with Gasteiger partial charge in [0.15, 0.2) is 0 Å². The molecule has 0 N–H and O–H groups in total. The first-order valence-electron chi connectivity index (χ1n) is 7.57. The molecule has 0 saturated heterocycles. The van der Waals surface area contributed by atoms with E-state index in [1.165, 1.54) is 12.7 Å². The summed E-state index contributed by atoms with van der Waals surface area (Å²) in [6.07, 6.45) is 1.02. The molecule has 4 heteroatoms. The average Bonchev–Trinajstić information content (AvgIpc) is 2.61. The maximum atomic E-state index is 11.5. The van der Waals surface area contributed by atoms with Gasteiger partial charge in [0.05, 0.1) is 18.4 Å². The summed E-state index contributed by atoms with van der Waals surface area (Å²) >= 11 is 0. The van der Waals surface area contributed by atoms with E-state index in [-0.39, 0.29) is 5.97 Å². The summed E-state index contributed by atoms with van der Waals surface area (Å²) in [6.45, 7) is 4.39. The summed E-state index contributed by atoms with van der Waals surface area (Å²) in [5.41, 5.74) is 4.40. The summed E-state index contributed by atoms with van der Waals surface area (Å²) in [5.74, 6) is -0.364. The van der Waals surface area contributed by atoms with Crippen molar-refractivity contribution in [2.24, 2.45) is 5.16 Å². The van der Waals surface area contributed by atoms with Crippen LogP contribution in [0.3, 0.4) is 0 Å². The predicted octanol–water partition coefficient (Wildman–Crippen LogP) is 3.98. The molecular formula is C19H21NO3. The first-order valence-corrected chi connectivity index (χ1v) is 7.57. The highest BCUT2D eigenvalue weighted by molar-refractivity contribution is 6.00. The van der Waals surface area contributed by atoms with E-state index in [2.05, 4.69) is 24.2 Å². The normalized spacial score (nSPS) is 11.2. The minimum atomic E-state index is -0.364. The van der Waals surface area contributed by atoms with Crippen LogP contribution in [0.2, 0.25) is 0 Å². The van der Waals surface area contributed by atoms with E-state index in [0.717, 1.165) is 17.5 Å². The Kier molecular flexibility index (Phi) is 5.92. The molecule has 23 heavy (non-hydrogen) atoms. The van der Waals surface area contributed by atoms with Crippen LogP contribution in [0.5, 0.6) is 0 Å². The molecule has 0 aliphatic rings. The third-order valence-corrected chi connectivity index (χ3v) is 3.57. The molecule has 120 valence electrons. The number of hydrogen-bond acceptors (Lipinski definition) is 4. The number of oxime groups is 1. The fourth-order valence-corrected chi connectivity index (χ4v) is 2.12. The lowest BCUT2D eigenvalue weighted by Crippen LogP contribution is -2.04. The number of benzene rings is 2. The lowest BCUT2D eigenvalue weighted by Gasteiger charge is -2.05. The van der Waals surface area contributed by atoms with E-state index in [0.29, 0.717) is 17.9 Å². The number of rotatable bonds is 6. The fraction of sp³-hybridized carbons (Fsp3) is 0.263. The maximum absolute atomic E-state index is 11.5. The van der Waals surface area contributed by atoms with Crippen LogP contribution in [0, 0.1) is 0 Å². The van der Waals surface area contributed by atoms with Crippen molar-refractivity contribution in [3.8, 4) is 0 Å². The second-order valence-electron chi connectivity index (χ2n) is 5.19. The molecule has 0 spiro atoms. The van der Waals surface area contributed by atoms with E-state index in [9.17, 15) is 4.79 Å². The van der Waals surface area contributed by atoms with Crippen LogP contribution in [-0.4, -0.2) is 18.8 Å². The van der Waals surface area contributed by atoms with Crippen molar-refractivity contribution in [1.82, 2.24) is 0 Å². The largest absolute Gasteiger partial charge is 0.465 e. The van der Waals surface area contributed by atoms with Gasteiger partial charge in [0.25, 0.3) is 0 Å². The zero-order valence-electron chi connectivity index (χ0n) is 13.7. The Hall–Kier alpha value is -2.62. The second kappa shape index (κ2) is 8.13. The Morgan fingerprint density at radius 1 is 1.04 bits per heavy atom. The van der Waals surface area contributed by atoms with E-state index in [4.69, 9.17) is 9.57 Å². The quantitative estimate of drug-likeness (QED) is 0.460. The molecule has 0 amide bonds. The van der Waals surface area contributed by atoms with E-state index in [1.54, 1.807) is 18.2 Å². The number of aryl methyl sites for hydroxylation is 1. The Morgan fingerprint density at radius 2 is 1.70 bits per heavy atom. The molecule has 0 bridgehead atoms. The van der Waals surface area contributed by atoms with Gasteiger partial charge in [-0.2, -0.15) is 0 Å². The highest BCUT2D eigenvalue weighted by Gasteiger charge is 2.07. The van der Waals surface area contributed by atoms with Crippen LogP contribution in [0.1, 0.15) is 40.9 Å². The molecule has 0 fully saturated rings. The molecule has 0 heterocycles. The third-order valence-electron chi connectivity index (χ3n) is 3.57. The third kappa shape index (κ3) is 4.68. The molecule has 0 radical (unpaired) electrons. The smallest absolute Gasteiger partial charge is 0.337 e. The standard InChI is InChI=1S/C19H21NO3/c1-4-15-8-10-16(11-9-15)13-23-20-14(2)17-6-5-7-18(12-17)19(21)22-3/h5-12H,4,13H2,1-3H3/b20-14+. The van der Waals surface area contributed by atoms with Crippen LogP contribution in [0.15, 0.2) is 53.7 Å². The molecule has 0 atom stereocenters. The molecule has 0 aliphatic carbocycles. The van der Waals surface area contributed by atoms with Crippen LogP contribution in [-0.2, 0) is 22.6 Å². The molecule has 4 nitrogen and oxygen atoms in total. The minimum absolute atomic E-state index is 0.364. The summed E-state index contributed by atoms with van der Waals surface area (Å²) in [4.78, 5) is 17.0. The lowest BCUT2D eigenvalue weighted by molar-refractivity contribution is 0.0600. The summed E-state index contributed by atoms with van der Waals surface area (Å²) in [5, 5.41) is 4.12. The van der Waals surface area contributed by atoms with Gasteiger partial charge in [-0.25, -0.2) is 4.79 Å². The molecule has 2 aromatic rings. The molecule has 0 aliphatic heterocycles. The zero-order valence-corrected chi connectivity index (χ0v) is 13.7. The predicted molar refractivity (Wildman–Crippen MR) is 90.6 cm³/mol. The first kappa shape index (κ1) is 16.7. The number of esters is 1. The molecule has 2 rings (SSSR count). The van der Waals surface area contributed by atoms with Crippen molar-refractivity contribution in [2.75, 3.05) is 7.11 Å². The number of carbonyl (C=O) groups excluding carboxylic acids is 1. The van der Waals surface area contributed by atoms with E-state index >= 15 is 0 Å². The summed E-state index contributed by atoms with van der Waals surface area (Å²) in [7, 11) is 1.36. The van der Waals surface area contributed by atoms with Crippen LogP contribution < -0.4 is 0 Å². The number of ether oxygens (including phenoxy) is 1. The first-order chi connectivity index (χ1) is 11.1. The highest BCUT2D eigenvalue weighted by atomic mass is 16.6. The van der Waals surface area contributed by atoms with Crippen molar-refractivity contribution < 1.29 is 14.4 Å². The SMILES string of the molecule is CCc1ccc(CO/N=C(\C)c2cccc(C(=O)OC)c2)cc1. The fourth-order valence-electron chi connectivity index (χ4n) is 2.12. The second-order valence-corrected chi connectivity index (χ2v) is 5.19. The van der Waals surface area contributed by atoms with Gasteiger partial charge in [-0.1, -0.05) is 48.5 Å². The van der Waals surface area contributed by atoms with E-state index < -0.39 is 0 Å². The summed E-state index contributed by atoms with van der Waals surface area (Å²) in [6, 6.07) is 15.4. The van der Waals surface area contributed by atoms with Crippen molar-refractivity contribution in [1.29, 1.82) is 0 Å². The Morgan fingerprint density at radius 3 is 2.35 bits per heavy atom. The van der Waals surface area contributed by atoms with Gasteiger partial charge in [0.2, 0.25) is 0 Å². The Balaban J connectivity index is 2.00. The minimum Gasteiger partial charge on any atom is -0.465 e. The van der Waals surface area contributed by atoms with Gasteiger partial charge < -0.3 is 9.57 Å². The zero-order chi connectivity index (χ0) is 16.7. The molecule has 0 saturated carbocycles. The number of carbonyl (C=O) groups is 1. The Labute approximate surface area is 136 Å². The lowest BCUT2D eigenvalue weighted by atomic mass is 10.1. The van der Waals surface area contributed by atoms with Crippen molar-refractivity contribution >= 4 is 11.7 Å². The van der Waals surface area contributed by atoms with Gasteiger partial charge in [-0.15, -0.1) is 0 Å². The van der Waals surface area contributed by atoms with Gasteiger partial charge in [-0.3, -0.25) is 0 Å². The van der Waals surface area contributed by atoms with Crippen LogP contribution in [0.25, 0.3) is 0 Å². The topological polar surface area (TPSA) is 47.9 Å². The number of hydrogen-bond donors (Lipinski definition) is 0. The van der Waals surface area contributed by atoms with Crippen molar-refractivity contribution in [3.05, 3.63) is 70.8 Å². The molecule has 0 unspecified atom stereocenters. The van der Waals surface area contributed by atoms with Crippen LogP contribution in [0.4, 0.5) is 0 Å². The average molecular weight is 311 g/mol. The molecule has 2 aromatic carbocycles. The van der Waals surface area contributed by atoms with Gasteiger partial charge in [-0.05, 0) is 42.2 Å². The Bertz CT molecular complexity index is 690. The highest BCUT2D eigenvalue weighted by Crippen LogP contribution is 2.10. The molecule has 0 aromatic heterocycles. The number of nitrogens with zero attached hydrogens (tertiary/aromatic N) is 1. The van der Waals surface area contributed by atoms with E-state index in [1.807, 2.05) is 25.1 Å². The summed E-state index contributed by atoms with van der Waals surface area (Å²) < 4.78 is 4.72.